The van der Waals surface area contributed by atoms with Crippen LogP contribution in [0.5, 0.6) is 17.2 Å². The topological polar surface area (TPSA) is 125 Å². The fourth-order valence-corrected chi connectivity index (χ4v) is 8.91. The molecule has 1 N–H and O–H groups in total. The van der Waals surface area contributed by atoms with Crippen molar-refractivity contribution in [3.8, 4) is 17.2 Å². The summed E-state index contributed by atoms with van der Waals surface area (Å²) in [6.07, 6.45) is 18.8. The number of hydrogen-bond acceptors (Lipinski definition) is 11. The molecule has 0 atom stereocenters. The molecule has 11 heteroatoms. The van der Waals surface area contributed by atoms with Gasteiger partial charge in [0.25, 0.3) is 0 Å². The van der Waals surface area contributed by atoms with E-state index in [-0.39, 0.29) is 23.8 Å². The number of carbonyl (C=O) groups is 3. The number of rotatable bonds is 21. The van der Waals surface area contributed by atoms with E-state index in [2.05, 4.69) is 41.1 Å². The number of nitrogens with one attached hydrogen (secondary N) is 1. The van der Waals surface area contributed by atoms with Crippen molar-refractivity contribution in [2.24, 2.45) is 22.9 Å². The highest BCUT2D eigenvalue weighted by Crippen LogP contribution is 2.39. The van der Waals surface area contributed by atoms with Gasteiger partial charge in [0.2, 0.25) is 5.13 Å². The molecule has 6 rings (SSSR count). The quantitative estimate of drug-likeness (QED) is 0.0218. The minimum Gasteiger partial charge on any atom is -0.494 e. The molecule has 0 bridgehead atoms. The van der Waals surface area contributed by atoms with Crippen LogP contribution in [-0.2, 0) is 19.1 Å². The molecular formula is C48H59N3O7S. The number of carbonyl (C=O) groups excluding carboxylic acids is 3. The monoisotopic (exact) mass is 821 g/mol. The van der Waals surface area contributed by atoms with Gasteiger partial charge in [-0.05, 0) is 143 Å². The van der Waals surface area contributed by atoms with Crippen LogP contribution in [0.3, 0.4) is 0 Å². The van der Waals surface area contributed by atoms with Gasteiger partial charge in [0.1, 0.15) is 17.2 Å². The number of anilines is 1. The molecule has 4 aromatic rings. The highest BCUT2D eigenvalue weighted by Gasteiger charge is 2.33. The predicted molar refractivity (Wildman–Crippen MR) is 234 cm³/mol. The highest BCUT2D eigenvalue weighted by atomic mass is 32.1. The molecule has 1 heterocycles. The summed E-state index contributed by atoms with van der Waals surface area (Å²) in [7, 11) is 0. The summed E-state index contributed by atoms with van der Waals surface area (Å²) in [5.41, 5.74) is 6.02. The maximum absolute atomic E-state index is 13.6. The van der Waals surface area contributed by atoms with Crippen molar-refractivity contribution in [1.29, 1.82) is 0 Å². The van der Waals surface area contributed by atoms with Crippen LogP contribution in [0.15, 0.2) is 84.5 Å². The van der Waals surface area contributed by atoms with Gasteiger partial charge in [-0.3, -0.25) is 15.0 Å². The molecule has 0 unspecified atom stereocenters. The van der Waals surface area contributed by atoms with E-state index in [0.29, 0.717) is 67.2 Å². The number of esters is 3. The first-order valence-corrected chi connectivity index (χ1v) is 22.4. The van der Waals surface area contributed by atoms with Gasteiger partial charge in [0, 0.05) is 11.6 Å². The molecule has 2 aliphatic carbocycles. The van der Waals surface area contributed by atoms with E-state index in [0.717, 1.165) is 47.4 Å². The minimum absolute atomic E-state index is 0.282. The molecule has 1 aromatic heterocycles. The number of unbranched alkanes of at least 4 members (excludes halogenated alkanes) is 5. The molecule has 3 aromatic carbocycles. The van der Waals surface area contributed by atoms with Crippen LogP contribution in [0, 0.1) is 17.8 Å². The third-order valence-electron chi connectivity index (χ3n) is 11.6. The Labute approximate surface area is 352 Å². The van der Waals surface area contributed by atoms with Crippen LogP contribution < -0.4 is 19.6 Å². The third kappa shape index (κ3) is 13.5. The number of hydrogen-bond donors (Lipinski definition) is 1. The summed E-state index contributed by atoms with van der Waals surface area (Å²) in [5.74, 6) is 1.41. The molecule has 2 fully saturated rings. The zero-order valence-corrected chi connectivity index (χ0v) is 35.2. The average Bonchev–Trinajstić information content (AvgIpc) is 3.69. The summed E-state index contributed by atoms with van der Waals surface area (Å²) < 4.78 is 23.7. The molecule has 2 saturated carbocycles. The van der Waals surface area contributed by atoms with Gasteiger partial charge in [0.15, 0.2) is 0 Å². The molecule has 0 aliphatic heterocycles. The van der Waals surface area contributed by atoms with Crippen molar-refractivity contribution in [3.05, 3.63) is 90.5 Å². The van der Waals surface area contributed by atoms with E-state index in [9.17, 15) is 14.4 Å². The van der Waals surface area contributed by atoms with Crippen LogP contribution in [0.25, 0.3) is 10.2 Å². The average molecular weight is 822 g/mol. The van der Waals surface area contributed by atoms with E-state index >= 15 is 0 Å². The maximum atomic E-state index is 13.6. The van der Waals surface area contributed by atoms with Gasteiger partial charge in [-0.25, -0.2) is 9.78 Å². The Hall–Kier alpha value is -5.03. The van der Waals surface area contributed by atoms with E-state index in [1.54, 1.807) is 30.5 Å². The zero-order chi connectivity index (χ0) is 41.2. The molecule has 59 heavy (non-hydrogen) atoms. The van der Waals surface area contributed by atoms with E-state index in [1.165, 1.54) is 74.3 Å². The Kier molecular flexibility index (Phi) is 16.9. The second-order valence-corrected chi connectivity index (χ2v) is 16.9. The smallest absolute Gasteiger partial charge is 0.330 e. The molecule has 0 saturated heterocycles. The number of para-hydroxylation sites is 1. The standard InChI is InChI=1S/C48H59N3O7S/c1-3-5-8-13-34-16-18-35(19-17-34)38-24-29-43(39(32-38)33-49-51-48-50-42-14-9-10-15-44(42)59-48)58-47(54)37-22-20-36(21-23-37)46(53)57-41-27-25-40(26-28-41)55-30-11-6-7-12-31-56-45(52)4-2/h4,9-10,14-15,24-29,32-37H,2-3,5-8,11-13,16-23,30-31H2,1H3,(H,50,51)/b49-33+. The lowest BCUT2D eigenvalue weighted by Gasteiger charge is -2.29. The number of aromatic nitrogens is 1. The lowest BCUT2D eigenvalue weighted by Crippen LogP contribution is -2.30. The van der Waals surface area contributed by atoms with Crippen LogP contribution in [0.2, 0.25) is 0 Å². The lowest BCUT2D eigenvalue weighted by atomic mass is 9.77. The summed E-state index contributed by atoms with van der Waals surface area (Å²) in [4.78, 5) is 42.4. The number of thiazole rings is 1. The zero-order valence-electron chi connectivity index (χ0n) is 34.4. The molecule has 0 spiro atoms. The largest absolute Gasteiger partial charge is 0.494 e. The van der Waals surface area contributed by atoms with Crippen molar-refractivity contribution in [2.45, 2.75) is 116 Å². The van der Waals surface area contributed by atoms with E-state index in [1.807, 2.05) is 30.3 Å². The molecule has 0 amide bonds. The molecular weight excluding hydrogens is 763 g/mol. The van der Waals surface area contributed by atoms with Crippen molar-refractivity contribution in [3.63, 3.8) is 0 Å². The third-order valence-corrected chi connectivity index (χ3v) is 12.5. The molecule has 314 valence electrons. The first-order chi connectivity index (χ1) is 28.9. The number of hydrazone groups is 1. The predicted octanol–water partition coefficient (Wildman–Crippen LogP) is 11.6. The van der Waals surface area contributed by atoms with E-state index < -0.39 is 5.97 Å². The second-order valence-electron chi connectivity index (χ2n) is 15.9. The number of nitrogens with zero attached hydrogens (tertiary/aromatic N) is 2. The Morgan fingerprint density at radius 1 is 0.797 bits per heavy atom. The lowest BCUT2D eigenvalue weighted by molar-refractivity contribution is -0.145. The molecule has 2 aliphatic rings. The van der Waals surface area contributed by atoms with Crippen LogP contribution in [0.1, 0.15) is 127 Å². The number of fused-ring (bicyclic) bond motifs is 1. The van der Waals surface area contributed by atoms with Gasteiger partial charge in [-0.2, -0.15) is 5.10 Å². The molecule has 0 radical (unpaired) electrons. The Balaban J connectivity index is 0.977. The van der Waals surface area contributed by atoms with E-state index in [4.69, 9.17) is 18.9 Å². The summed E-state index contributed by atoms with van der Waals surface area (Å²) in [6, 6.07) is 21.2. The fraction of sp³-hybridized carbons (Fsp3) is 0.479. The number of benzene rings is 3. The van der Waals surface area contributed by atoms with Gasteiger partial charge < -0.3 is 18.9 Å². The Morgan fingerprint density at radius 2 is 1.49 bits per heavy atom. The van der Waals surface area contributed by atoms with Crippen LogP contribution >= 0.6 is 11.3 Å². The van der Waals surface area contributed by atoms with Crippen molar-refractivity contribution >= 4 is 50.8 Å². The first kappa shape index (κ1) is 43.5. The minimum atomic E-state index is -0.392. The Morgan fingerprint density at radius 3 is 2.20 bits per heavy atom. The van der Waals surface area contributed by atoms with Crippen molar-refractivity contribution in [1.82, 2.24) is 4.98 Å². The summed E-state index contributed by atoms with van der Waals surface area (Å²) in [5, 5.41) is 5.24. The van der Waals surface area contributed by atoms with Crippen LogP contribution in [0.4, 0.5) is 5.13 Å². The normalized spacial score (nSPS) is 19.3. The first-order valence-electron chi connectivity index (χ1n) is 21.6. The maximum Gasteiger partial charge on any atom is 0.330 e. The van der Waals surface area contributed by atoms with Gasteiger partial charge in [-0.1, -0.05) is 68.7 Å². The molecule has 10 nitrogen and oxygen atoms in total. The Bertz CT molecular complexity index is 1960. The van der Waals surface area contributed by atoms with Gasteiger partial charge in [0.05, 0.1) is 41.5 Å². The highest BCUT2D eigenvalue weighted by molar-refractivity contribution is 7.22. The van der Waals surface area contributed by atoms with Crippen molar-refractivity contribution in [2.75, 3.05) is 18.6 Å². The fourth-order valence-electron chi connectivity index (χ4n) is 8.10. The van der Waals surface area contributed by atoms with Gasteiger partial charge in [-0.15, -0.1) is 0 Å². The van der Waals surface area contributed by atoms with Crippen LogP contribution in [-0.4, -0.2) is 42.3 Å². The van der Waals surface area contributed by atoms with Gasteiger partial charge >= 0.3 is 17.9 Å². The number of ether oxygens (including phenoxy) is 4. The summed E-state index contributed by atoms with van der Waals surface area (Å²) in [6.45, 7) is 6.62. The SMILES string of the molecule is C=CC(=O)OCCCCCCOc1ccc(OC(=O)C2CCC(C(=O)Oc3ccc(C4CCC(CCCCC)CC4)cc3/C=N/Nc3nc4ccccc4s3)CC2)cc1. The second kappa shape index (κ2) is 22.9. The summed E-state index contributed by atoms with van der Waals surface area (Å²) >= 11 is 1.54. The van der Waals surface area contributed by atoms with Crippen molar-refractivity contribution < 1.29 is 33.3 Å².